The van der Waals surface area contributed by atoms with Crippen LogP contribution < -0.4 is 10.6 Å². The van der Waals surface area contributed by atoms with Crippen molar-refractivity contribution in [2.75, 3.05) is 17.7 Å². The smallest absolute Gasteiger partial charge is 0.257 e. The van der Waals surface area contributed by atoms with Crippen molar-refractivity contribution in [3.8, 4) is 0 Å². The molecule has 1 aromatic heterocycles. The summed E-state index contributed by atoms with van der Waals surface area (Å²) in [4.78, 5) is 16.2. The number of hydrogen-bond donors (Lipinski definition) is 2. The molecule has 0 bridgehead atoms. The zero-order valence-corrected chi connectivity index (χ0v) is 10.4. The first-order valence-corrected chi connectivity index (χ1v) is 5.71. The summed E-state index contributed by atoms with van der Waals surface area (Å²) in [7, 11) is 1.80. The SMILES string of the molecule is CNc1ccccc1C(=O)Nc1ccncc1C. The van der Waals surface area contributed by atoms with Crippen molar-refractivity contribution in [1.82, 2.24) is 4.98 Å². The molecule has 0 radical (unpaired) electrons. The van der Waals surface area contributed by atoms with Gasteiger partial charge >= 0.3 is 0 Å². The summed E-state index contributed by atoms with van der Waals surface area (Å²) >= 11 is 0. The number of amides is 1. The fraction of sp³-hybridized carbons (Fsp3) is 0.143. The van der Waals surface area contributed by atoms with Gasteiger partial charge in [0.25, 0.3) is 5.91 Å². The van der Waals surface area contributed by atoms with Gasteiger partial charge in [-0.15, -0.1) is 0 Å². The molecule has 4 heteroatoms. The van der Waals surface area contributed by atoms with E-state index in [1.54, 1.807) is 31.6 Å². The third-order valence-corrected chi connectivity index (χ3v) is 2.71. The zero-order chi connectivity index (χ0) is 13.0. The Morgan fingerprint density at radius 3 is 2.67 bits per heavy atom. The first kappa shape index (κ1) is 12.1. The molecule has 92 valence electrons. The Bertz CT molecular complexity index is 566. The molecule has 0 atom stereocenters. The van der Waals surface area contributed by atoms with Gasteiger partial charge in [0.2, 0.25) is 0 Å². The Labute approximate surface area is 106 Å². The molecule has 0 aliphatic carbocycles. The lowest BCUT2D eigenvalue weighted by atomic mass is 10.1. The lowest BCUT2D eigenvalue weighted by molar-refractivity contribution is 0.102. The number of pyridine rings is 1. The van der Waals surface area contributed by atoms with Crippen molar-refractivity contribution >= 4 is 17.3 Å². The second-order valence-corrected chi connectivity index (χ2v) is 3.94. The minimum atomic E-state index is -0.130. The molecule has 18 heavy (non-hydrogen) atoms. The number of nitrogens with one attached hydrogen (secondary N) is 2. The highest BCUT2D eigenvalue weighted by Gasteiger charge is 2.10. The monoisotopic (exact) mass is 241 g/mol. The quantitative estimate of drug-likeness (QED) is 0.868. The number of hydrogen-bond acceptors (Lipinski definition) is 3. The van der Waals surface area contributed by atoms with Crippen LogP contribution in [0.2, 0.25) is 0 Å². The molecule has 1 aromatic carbocycles. The van der Waals surface area contributed by atoms with Crippen molar-refractivity contribution in [1.29, 1.82) is 0 Å². The van der Waals surface area contributed by atoms with Gasteiger partial charge in [-0.2, -0.15) is 0 Å². The van der Waals surface area contributed by atoms with E-state index in [9.17, 15) is 4.79 Å². The van der Waals surface area contributed by atoms with Crippen molar-refractivity contribution < 1.29 is 4.79 Å². The van der Waals surface area contributed by atoms with Crippen molar-refractivity contribution in [3.63, 3.8) is 0 Å². The zero-order valence-electron chi connectivity index (χ0n) is 10.4. The van der Waals surface area contributed by atoms with Crippen LogP contribution in [-0.2, 0) is 0 Å². The van der Waals surface area contributed by atoms with E-state index in [0.717, 1.165) is 16.9 Å². The molecule has 0 saturated carbocycles. The summed E-state index contributed by atoms with van der Waals surface area (Å²) in [6.45, 7) is 1.91. The standard InChI is InChI=1S/C14H15N3O/c1-10-9-16-8-7-12(10)17-14(18)11-5-3-4-6-13(11)15-2/h3-9,15H,1-2H3,(H,16,17,18). The maximum atomic E-state index is 12.2. The van der Waals surface area contributed by atoms with E-state index in [-0.39, 0.29) is 5.91 Å². The lowest BCUT2D eigenvalue weighted by Crippen LogP contribution is -2.14. The average Bonchev–Trinajstić information content (AvgIpc) is 2.41. The van der Waals surface area contributed by atoms with Crippen LogP contribution in [0.1, 0.15) is 15.9 Å². The highest BCUT2D eigenvalue weighted by atomic mass is 16.1. The Kier molecular flexibility index (Phi) is 3.57. The Morgan fingerprint density at radius 2 is 1.94 bits per heavy atom. The molecular formula is C14H15N3O. The molecule has 0 aliphatic rings. The molecule has 1 amide bonds. The van der Waals surface area contributed by atoms with E-state index in [4.69, 9.17) is 0 Å². The van der Waals surface area contributed by atoms with Gasteiger partial charge in [-0.05, 0) is 30.7 Å². The molecule has 0 aliphatic heterocycles. The first-order valence-electron chi connectivity index (χ1n) is 5.71. The number of anilines is 2. The fourth-order valence-electron chi connectivity index (χ4n) is 1.70. The van der Waals surface area contributed by atoms with Gasteiger partial charge < -0.3 is 10.6 Å². The second kappa shape index (κ2) is 5.31. The molecular weight excluding hydrogens is 226 g/mol. The van der Waals surface area contributed by atoms with Crippen molar-refractivity contribution in [2.45, 2.75) is 6.92 Å². The van der Waals surface area contributed by atoms with Crippen LogP contribution >= 0.6 is 0 Å². The normalized spacial score (nSPS) is 9.89. The summed E-state index contributed by atoms with van der Waals surface area (Å²) in [5, 5.41) is 5.89. The molecule has 0 fully saturated rings. The summed E-state index contributed by atoms with van der Waals surface area (Å²) in [5.41, 5.74) is 3.15. The van der Waals surface area contributed by atoms with Gasteiger partial charge in [0.15, 0.2) is 0 Å². The van der Waals surface area contributed by atoms with E-state index < -0.39 is 0 Å². The van der Waals surface area contributed by atoms with Crippen LogP contribution in [0.5, 0.6) is 0 Å². The highest BCUT2D eigenvalue weighted by Crippen LogP contribution is 2.18. The summed E-state index contributed by atoms with van der Waals surface area (Å²) in [5.74, 6) is -0.130. The third kappa shape index (κ3) is 2.48. The molecule has 0 spiro atoms. The Hall–Kier alpha value is -2.36. The molecule has 2 aromatic rings. The molecule has 2 N–H and O–H groups in total. The van der Waals surface area contributed by atoms with Crippen LogP contribution in [0.4, 0.5) is 11.4 Å². The van der Waals surface area contributed by atoms with Gasteiger partial charge in [0.05, 0.1) is 5.56 Å². The molecule has 0 saturated heterocycles. The third-order valence-electron chi connectivity index (χ3n) is 2.71. The number of carbonyl (C=O) groups is 1. The number of aromatic nitrogens is 1. The van der Waals surface area contributed by atoms with Crippen molar-refractivity contribution in [3.05, 3.63) is 53.9 Å². The minimum absolute atomic E-state index is 0.130. The second-order valence-electron chi connectivity index (χ2n) is 3.94. The number of aryl methyl sites for hydroxylation is 1. The summed E-state index contributed by atoms with van der Waals surface area (Å²) in [6, 6.07) is 9.18. The summed E-state index contributed by atoms with van der Waals surface area (Å²) < 4.78 is 0. The van der Waals surface area contributed by atoms with Gasteiger partial charge in [-0.1, -0.05) is 12.1 Å². The summed E-state index contributed by atoms with van der Waals surface area (Å²) in [6.07, 6.45) is 3.38. The van der Waals surface area contributed by atoms with Crippen LogP contribution in [0.25, 0.3) is 0 Å². The Morgan fingerprint density at radius 1 is 1.17 bits per heavy atom. The Balaban J connectivity index is 2.25. The van der Waals surface area contributed by atoms with E-state index in [1.807, 2.05) is 25.1 Å². The fourth-order valence-corrected chi connectivity index (χ4v) is 1.70. The highest BCUT2D eigenvalue weighted by molar-refractivity contribution is 6.08. The van der Waals surface area contributed by atoms with Gasteiger partial charge in [0, 0.05) is 30.8 Å². The number of benzene rings is 1. The average molecular weight is 241 g/mol. The molecule has 2 rings (SSSR count). The van der Waals surface area contributed by atoms with E-state index in [0.29, 0.717) is 5.56 Å². The van der Waals surface area contributed by atoms with Gasteiger partial charge in [-0.3, -0.25) is 9.78 Å². The van der Waals surface area contributed by atoms with E-state index >= 15 is 0 Å². The topological polar surface area (TPSA) is 54.0 Å². The molecule has 4 nitrogen and oxygen atoms in total. The minimum Gasteiger partial charge on any atom is -0.387 e. The lowest BCUT2D eigenvalue weighted by Gasteiger charge is -2.10. The van der Waals surface area contributed by atoms with Crippen LogP contribution in [0.3, 0.4) is 0 Å². The maximum Gasteiger partial charge on any atom is 0.257 e. The van der Waals surface area contributed by atoms with Crippen LogP contribution in [0, 0.1) is 6.92 Å². The van der Waals surface area contributed by atoms with Crippen LogP contribution in [0.15, 0.2) is 42.7 Å². The number of para-hydroxylation sites is 1. The first-order chi connectivity index (χ1) is 8.72. The van der Waals surface area contributed by atoms with Crippen LogP contribution in [-0.4, -0.2) is 17.9 Å². The van der Waals surface area contributed by atoms with Gasteiger partial charge in [-0.25, -0.2) is 0 Å². The van der Waals surface area contributed by atoms with E-state index in [2.05, 4.69) is 15.6 Å². The predicted octanol–water partition coefficient (Wildman–Crippen LogP) is 2.68. The maximum absolute atomic E-state index is 12.2. The number of rotatable bonds is 3. The predicted molar refractivity (Wildman–Crippen MR) is 72.9 cm³/mol. The largest absolute Gasteiger partial charge is 0.387 e. The number of nitrogens with zero attached hydrogens (tertiary/aromatic N) is 1. The molecule has 0 unspecified atom stereocenters. The number of carbonyl (C=O) groups excluding carboxylic acids is 1. The van der Waals surface area contributed by atoms with Crippen molar-refractivity contribution in [2.24, 2.45) is 0 Å². The van der Waals surface area contributed by atoms with E-state index in [1.165, 1.54) is 0 Å². The van der Waals surface area contributed by atoms with Gasteiger partial charge in [0.1, 0.15) is 0 Å². The molecule has 1 heterocycles.